The minimum Gasteiger partial charge on any atom is -0.383 e. The summed E-state index contributed by atoms with van der Waals surface area (Å²) in [6.45, 7) is 2.16. The third kappa shape index (κ3) is 5.16. The minimum absolute atomic E-state index is 0.108. The number of carbonyl (C=O) groups is 1. The SMILES string of the molecule is COCCN(Cc1cccn1Cc1ccccc1)C(=O)c1ccc(Cl)c(Cl)c1. The maximum atomic E-state index is 13.1. The molecule has 0 unspecified atom stereocenters. The molecule has 1 aromatic heterocycles. The highest BCUT2D eigenvalue weighted by Crippen LogP contribution is 2.23. The lowest BCUT2D eigenvalue weighted by atomic mass is 10.2. The van der Waals surface area contributed by atoms with E-state index in [-0.39, 0.29) is 5.91 Å². The van der Waals surface area contributed by atoms with Crippen molar-refractivity contribution in [3.05, 3.63) is 93.7 Å². The molecule has 3 rings (SSSR count). The van der Waals surface area contributed by atoms with Crippen LogP contribution in [0.15, 0.2) is 66.9 Å². The van der Waals surface area contributed by atoms with E-state index >= 15 is 0 Å². The summed E-state index contributed by atoms with van der Waals surface area (Å²) in [5.41, 5.74) is 2.76. The van der Waals surface area contributed by atoms with E-state index in [2.05, 4.69) is 16.7 Å². The number of nitrogens with zero attached hydrogens (tertiary/aromatic N) is 2. The Balaban J connectivity index is 1.80. The predicted molar refractivity (Wildman–Crippen MR) is 113 cm³/mol. The van der Waals surface area contributed by atoms with Crippen LogP contribution in [0.25, 0.3) is 0 Å². The highest BCUT2D eigenvalue weighted by Gasteiger charge is 2.18. The fourth-order valence-electron chi connectivity index (χ4n) is 2.99. The van der Waals surface area contributed by atoms with E-state index in [0.717, 1.165) is 12.2 Å². The van der Waals surface area contributed by atoms with Crippen LogP contribution in [0.5, 0.6) is 0 Å². The van der Waals surface area contributed by atoms with Crippen molar-refractivity contribution in [2.45, 2.75) is 13.1 Å². The van der Waals surface area contributed by atoms with Crippen LogP contribution < -0.4 is 0 Å². The molecule has 1 amide bonds. The molecule has 146 valence electrons. The summed E-state index contributed by atoms with van der Waals surface area (Å²) in [5, 5.41) is 0.796. The van der Waals surface area contributed by atoms with Crippen molar-refractivity contribution in [2.24, 2.45) is 0 Å². The number of carbonyl (C=O) groups excluding carboxylic acids is 1. The quantitative estimate of drug-likeness (QED) is 0.509. The summed E-state index contributed by atoms with van der Waals surface area (Å²) in [7, 11) is 1.62. The molecular weight excluding hydrogens is 395 g/mol. The molecule has 0 N–H and O–H groups in total. The van der Waals surface area contributed by atoms with Gasteiger partial charge < -0.3 is 14.2 Å². The van der Waals surface area contributed by atoms with Gasteiger partial charge in [-0.3, -0.25) is 4.79 Å². The molecule has 0 fully saturated rings. The monoisotopic (exact) mass is 416 g/mol. The number of ether oxygens (including phenoxy) is 1. The predicted octanol–water partition coefficient (Wildman–Crippen LogP) is 5.13. The molecule has 2 aromatic carbocycles. The second kappa shape index (κ2) is 9.78. The number of benzene rings is 2. The molecule has 0 spiro atoms. The molecule has 0 saturated heterocycles. The van der Waals surface area contributed by atoms with Gasteiger partial charge in [0, 0.05) is 37.7 Å². The minimum atomic E-state index is -0.108. The van der Waals surface area contributed by atoms with Gasteiger partial charge in [-0.1, -0.05) is 53.5 Å². The standard InChI is InChI=1S/C22H22Cl2N2O2/c1-28-13-12-26(22(27)18-9-10-20(23)21(24)14-18)16-19-8-5-11-25(19)15-17-6-3-2-4-7-17/h2-11,14H,12-13,15-16H2,1H3. The van der Waals surface area contributed by atoms with Crippen molar-refractivity contribution in [1.82, 2.24) is 9.47 Å². The van der Waals surface area contributed by atoms with Crippen LogP contribution in [-0.4, -0.2) is 35.6 Å². The molecular formula is C22H22Cl2N2O2. The molecule has 1 heterocycles. The fourth-order valence-corrected chi connectivity index (χ4v) is 3.29. The van der Waals surface area contributed by atoms with Crippen LogP contribution in [0, 0.1) is 0 Å². The summed E-state index contributed by atoms with van der Waals surface area (Å²) in [5.74, 6) is -0.108. The van der Waals surface area contributed by atoms with Gasteiger partial charge in [-0.2, -0.15) is 0 Å². The van der Waals surface area contributed by atoms with Crippen LogP contribution in [0.4, 0.5) is 0 Å². The van der Waals surface area contributed by atoms with Gasteiger partial charge in [0.25, 0.3) is 5.91 Å². The van der Waals surface area contributed by atoms with Crippen molar-refractivity contribution in [3.8, 4) is 0 Å². The lowest BCUT2D eigenvalue weighted by Crippen LogP contribution is -2.34. The van der Waals surface area contributed by atoms with Crippen LogP contribution in [0.1, 0.15) is 21.6 Å². The normalized spacial score (nSPS) is 10.8. The van der Waals surface area contributed by atoms with Gasteiger partial charge >= 0.3 is 0 Å². The molecule has 0 aliphatic heterocycles. The van der Waals surface area contributed by atoms with E-state index < -0.39 is 0 Å². The van der Waals surface area contributed by atoms with Crippen LogP contribution in [0.2, 0.25) is 10.0 Å². The largest absolute Gasteiger partial charge is 0.383 e. The van der Waals surface area contributed by atoms with Gasteiger partial charge in [-0.15, -0.1) is 0 Å². The summed E-state index contributed by atoms with van der Waals surface area (Å²) >= 11 is 12.1. The topological polar surface area (TPSA) is 34.5 Å². The first-order chi connectivity index (χ1) is 13.6. The molecule has 0 aliphatic rings. The van der Waals surface area contributed by atoms with Crippen molar-refractivity contribution < 1.29 is 9.53 Å². The number of hydrogen-bond donors (Lipinski definition) is 0. The highest BCUT2D eigenvalue weighted by molar-refractivity contribution is 6.42. The van der Waals surface area contributed by atoms with Crippen LogP contribution >= 0.6 is 23.2 Å². The Morgan fingerprint density at radius 3 is 2.54 bits per heavy atom. The first-order valence-electron chi connectivity index (χ1n) is 8.99. The molecule has 0 aliphatic carbocycles. The Morgan fingerprint density at radius 1 is 1.04 bits per heavy atom. The highest BCUT2D eigenvalue weighted by atomic mass is 35.5. The number of methoxy groups -OCH3 is 1. The second-order valence-electron chi connectivity index (χ2n) is 6.46. The third-order valence-corrected chi connectivity index (χ3v) is 5.23. The van der Waals surface area contributed by atoms with Gasteiger partial charge in [0.2, 0.25) is 0 Å². The Kier molecular flexibility index (Phi) is 7.15. The molecule has 0 saturated carbocycles. The Morgan fingerprint density at radius 2 is 1.82 bits per heavy atom. The maximum absolute atomic E-state index is 13.1. The molecule has 28 heavy (non-hydrogen) atoms. The summed E-state index contributed by atoms with van der Waals surface area (Å²) in [4.78, 5) is 14.8. The van der Waals surface area contributed by atoms with Crippen LogP contribution in [0.3, 0.4) is 0 Å². The average molecular weight is 417 g/mol. The van der Waals surface area contributed by atoms with E-state index in [4.69, 9.17) is 27.9 Å². The van der Waals surface area contributed by atoms with E-state index in [9.17, 15) is 4.79 Å². The number of halogens is 2. The van der Waals surface area contributed by atoms with Crippen LogP contribution in [-0.2, 0) is 17.8 Å². The first-order valence-corrected chi connectivity index (χ1v) is 9.75. The maximum Gasteiger partial charge on any atom is 0.254 e. The van der Waals surface area contributed by atoms with E-state index in [1.807, 2.05) is 36.5 Å². The average Bonchev–Trinajstić information content (AvgIpc) is 3.14. The first kappa shape index (κ1) is 20.5. The van der Waals surface area contributed by atoms with E-state index in [1.54, 1.807) is 30.2 Å². The smallest absolute Gasteiger partial charge is 0.254 e. The number of amides is 1. The number of aromatic nitrogens is 1. The van der Waals surface area contributed by atoms with E-state index in [0.29, 0.717) is 35.3 Å². The zero-order valence-electron chi connectivity index (χ0n) is 15.6. The Bertz CT molecular complexity index is 925. The molecule has 4 nitrogen and oxygen atoms in total. The van der Waals surface area contributed by atoms with Gasteiger partial charge in [0.1, 0.15) is 0 Å². The summed E-state index contributed by atoms with van der Waals surface area (Å²) in [6, 6.07) is 19.2. The zero-order chi connectivity index (χ0) is 19.9. The van der Waals surface area contributed by atoms with Crippen molar-refractivity contribution in [2.75, 3.05) is 20.3 Å². The molecule has 0 atom stereocenters. The van der Waals surface area contributed by atoms with Gasteiger partial charge in [0.15, 0.2) is 0 Å². The van der Waals surface area contributed by atoms with E-state index in [1.165, 1.54) is 5.56 Å². The number of hydrogen-bond acceptors (Lipinski definition) is 2. The molecule has 3 aromatic rings. The van der Waals surface area contributed by atoms with Gasteiger partial charge in [-0.05, 0) is 35.9 Å². The fraction of sp³-hybridized carbons (Fsp3) is 0.227. The van der Waals surface area contributed by atoms with Gasteiger partial charge in [-0.25, -0.2) is 0 Å². The number of rotatable bonds is 8. The Hall–Kier alpha value is -2.27. The lowest BCUT2D eigenvalue weighted by Gasteiger charge is -2.24. The summed E-state index contributed by atoms with van der Waals surface area (Å²) in [6.07, 6.45) is 2.03. The lowest BCUT2D eigenvalue weighted by molar-refractivity contribution is 0.0676. The Labute approximate surface area is 175 Å². The third-order valence-electron chi connectivity index (χ3n) is 4.49. The van der Waals surface area contributed by atoms with Crippen molar-refractivity contribution in [1.29, 1.82) is 0 Å². The molecule has 0 bridgehead atoms. The molecule has 0 radical (unpaired) electrons. The van der Waals surface area contributed by atoms with Gasteiger partial charge in [0.05, 0.1) is 23.2 Å². The molecule has 6 heteroatoms. The van der Waals surface area contributed by atoms with Crippen molar-refractivity contribution in [3.63, 3.8) is 0 Å². The second-order valence-corrected chi connectivity index (χ2v) is 7.28. The summed E-state index contributed by atoms with van der Waals surface area (Å²) < 4.78 is 7.35. The zero-order valence-corrected chi connectivity index (χ0v) is 17.2. The van der Waals surface area contributed by atoms with Crippen molar-refractivity contribution >= 4 is 29.1 Å².